The summed E-state index contributed by atoms with van der Waals surface area (Å²) >= 11 is 0. The van der Waals surface area contributed by atoms with Crippen molar-refractivity contribution in [2.75, 3.05) is 47.6 Å². The van der Waals surface area contributed by atoms with Gasteiger partial charge in [-0.05, 0) is 6.42 Å². The van der Waals surface area contributed by atoms with Gasteiger partial charge in [0.05, 0.1) is 19.6 Å². The number of nitrogens with one attached hydrogen (secondary N) is 4. The third-order valence-electron chi connectivity index (χ3n) is 2.99. The van der Waals surface area contributed by atoms with E-state index < -0.39 is 25.8 Å². The quantitative estimate of drug-likeness (QED) is 0.214. The Bertz CT molecular complexity index is 506. The Morgan fingerprint density at radius 3 is 2.33 bits per heavy atom. The zero-order valence-electron chi connectivity index (χ0n) is 15.0. The minimum Gasteiger partial charge on any atom is -0.756 e. The maximum atomic E-state index is 11.7. The average molecular weight is 413 g/mol. The maximum Gasteiger partial charge on any atom is 0.315 e. The molecule has 0 aliphatic heterocycles. The summed E-state index contributed by atoms with van der Waals surface area (Å²) in [4.78, 5) is 45.6. The highest BCUT2D eigenvalue weighted by Gasteiger charge is 2.22. The number of phosphoric acid groups is 1. The SMILES string of the molecule is C.CNC(=O)CC(NC(=O)NCCCOCCOP(=O)([O-])OC)C(=O)NC. The number of carbonyl (C=O) groups is 3. The first-order chi connectivity index (χ1) is 12.3. The Hall–Kier alpha value is -1.72. The lowest BCUT2D eigenvalue weighted by Crippen LogP contribution is -2.51. The Morgan fingerprint density at radius 2 is 1.78 bits per heavy atom. The van der Waals surface area contributed by atoms with Gasteiger partial charge in [0.1, 0.15) is 6.04 Å². The predicted molar refractivity (Wildman–Crippen MR) is 95.8 cm³/mol. The number of hydrogen-bond acceptors (Lipinski definition) is 8. The summed E-state index contributed by atoms with van der Waals surface area (Å²) in [6.07, 6.45) is 0.268. The van der Waals surface area contributed by atoms with Crippen LogP contribution in [0.4, 0.5) is 4.79 Å². The van der Waals surface area contributed by atoms with Gasteiger partial charge in [-0.15, -0.1) is 0 Å². The van der Waals surface area contributed by atoms with Crippen LogP contribution in [0, 0.1) is 0 Å². The number of phosphoric ester groups is 1. The minimum atomic E-state index is -4.24. The number of ether oxygens (including phenoxy) is 1. The molecule has 0 aromatic heterocycles. The number of rotatable bonds is 13. The van der Waals surface area contributed by atoms with Gasteiger partial charge in [-0.1, -0.05) is 7.43 Å². The largest absolute Gasteiger partial charge is 0.756 e. The molecule has 4 amide bonds. The van der Waals surface area contributed by atoms with Crippen LogP contribution in [0.2, 0.25) is 0 Å². The molecule has 0 aromatic carbocycles. The van der Waals surface area contributed by atoms with Crippen LogP contribution in [0.25, 0.3) is 0 Å². The molecule has 0 saturated carbocycles. The van der Waals surface area contributed by atoms with Crippen LogP contribution in [-0.4, -0.2) is 71.5 Å². The lowest BCUT2D eigenvalue weighted by atomic mass is 10.2. The van der Waals surface area contributed by atoms with Gasteiger partial charge in [-0.2, -0.15) is 0 Å². The van der Waals surface area contributed by atoms with Crippen LogP contribution in [0.5, 0.6) is 0 Å². The molecule has 0 aliphatic rings. The van der Waals surface area contributed by atoms with Crippen LogP contribution in [-0.2, 0) is 27.9 Å². The zero-order chi connectivity index (χ0) is 20.0. The summed E-state index contributed by atoms with van der Waals surface area (Å²) in [7, 11) is -0.416. The fourth-order valence-electron chi connectivity index (χ4n) is 1.62. The molecule has 2 atom stereocenters. The maximum absolute atomic E-state index is 11.7. The van der Waals surface area contributed by atoms with E-state index in [1.807, 2.05) is 0 Å². The molecule has 0 radical (unpaired) electrons. The van der Waals surface area contributed by atoms with Crippen molar-refractivity contribution >= 4 is 25.7 Å². The lowest BCUT2D eigenvalue weighted by molar-refractivity contribution is -0.223. The lowest BCUT2D eigenvalue weighted by Gasteiger charge is -2.19. The van der Waals surface area contributed by atoms with E-state index in [1.165, 1.54) is 14.1 Å². The summed E-state index contributed by atoms with van der Waals surface area (Å²) in [6.45, 7) is 0.393. The van der Waals surface area contributed by atoms with E-state index in [-0.39, 0.29) is 46.1 Å². The first-order valence-corrected chi connectivity index (χ1v) is 9.27. The van der Waals surface area contributed by atoms with Gasteiger partial charge >= 0.3 is 6.03 Å². The summed E-state index contributed by atoms with van der Waals surface area (Å²) in [6, 6.07) is -1.59. The monoisotopic (exact) mass is 413 g/mol. The van der Waals surface area contributed by atoms with Crippen molar-refractivity contribution < 1.29 is 37.6 Å². The molecule has 0 bridgehead atoms. The molecule has 12 nitrogen and oxygen atoms in total. The van der Waals surface area contributed by atoms with Gasteiger partial charge in [0.15, 0.2) is 0 Å². The van der Waals surface area contributed by atoms with E-state index in [2.05, 4.69) is 30.3 Å². The molecule has 0 aromatic rings. The molecule has 160 valence electrons. The van der Waals surface area contributed by atoms with Gasteiger partial charge in [-0.3, -0.25) is 14.2 Å². The van der Waals surface area contributed by atoms with E-state index in [0.29, 0.717) is 6.42 Å². The molecule has 0 rings (SSSR count). The van der Waals surface area contributed by atoms with Crippen LogP contribution in [0.1, 0.15) is 20.3 Å². The van der Waals surface area contributed by atoms with Gasteiger partial charge in [0.2, 0.25) is 11.8 Å². The highest BCUT2D eigenvalue weighted by Crippen LogP contribution is 2.36. The molecule has 13 heteroatoms. The smallest absolute Gasteiger partial charge is 0.315 e. The second-order valence-electron chi connectivity index (χ2n) is 4.87. The molecule has 0 saturated heterocycles. The Morgan fingerprint density at radius 1 is 1.11 bits per heavy atom. The predicted octanol–water partition coefficient (Wildman–Crippen LogP) is -1.29. The highest BCUT2D eigenvalue weighted by atomic mass is 31.2. The standard InChI is InChI=1S/C13H27N4O8P.CH4/c1-14-11(18)9-10(12(19)15-2)17-13(20)16-5-4-6-24-7-8-25-26(21,22)23-3;/h10H,4-9H2,1-3H3,(H,14,18)(H,15,19)(H,21,22)(H2,16,17,20);1H4/p-1. The topological polar surface area (TPSA) is 167 Å². The third kappa shape index (κ3) is 14.1. The van der Waals surface area contributed by atoms with Gasteiger partial charge in [-0.25, -0.2) is 4.79 Å². The first kappa shape index (κ1) is 27.5. The van der Waals surface area contributed by atoms with E-state index in [0.717, 1.165) is 7.11 Å². The summed E-state index contributed by atoms with van der Waals surface area (Å²) in [5, 5.41) is 9.66. The molecule has 2 unspecified atom stereocenters. The normalized spacial score (nSPS) is 13.5. The Balaban J connectivity index is 0. The van der Waals surface area contributed by atoms with Crippen LogP contribution in [0.3, 0.4) is 0 Å². The van der Waals surface area contributed by atoms with Crippen LogP contribution in [0.15, 0.2) is 0 Å². The van der Waals surface area contributed by atoms with E-state index in [4.69, 9.17) is 4.74 Å². The van der Waals surface area contributed by atoms with Crippen LogP contribution < -0.4 is 26.2 Å². The van der Waals surface area contributed by atoms with Crippen molar-refractivity contribution in [1.29, 1.82) is 0 Å². The van der Waals surface area contributed by atoms with E-state index in [1.54, 1.807) is 0 Å². The fraction of sp³-hybridized carbons (Fsp3) is 0.786. The molecule has 0 fully saturated rings. The van der Waals surface area contributed by atoms with Gasteiger partial charge < -0.3 is 39.9 Å². The summed E-state index contributed by atoms with van der Waals surface area (Å²) in [5.74, 6) is -0.871. The average Bonchev–Trinajstić information content (AvgIpc) is 2.62. The number of hydrogen-bond donors (Lipinski definition) is 4. The highest BCUT2D eigenvalue weighted by molar-refractivity contribution is 7.45. The van der Waals surface area contributed by atoms with E-state index >= 15 is 0 Å². The molecule has 0 heterocycles. The summed E-state index contributed by atoms with van der Waals surface area (Å²) < 4.78 is 24.6. The Labute approximate surface area is 159 Å². The van der Waals surface area contributed by atoms with Gasteiger partial charge in [0.25, 0.3) is 7.82 Å². The first-order valence-electron chi connectivity index (χ1n) is 7.81. The van der Waals surface area contributed by atoms with Gasteiger partial charge in [0, 0.05) is 34.4 Å². The van der Waals surface area contributed by atoms with Crippen molar-refractivity contribution in [3.63, 3.8) is 0 Å². The van der Waals surface area contributed by atoms with E-state index in [9.17, 15) is 23.8 Å². The number of urea groups is 1. The van der Waals surface area contributed by atoms with Crippen molar-refractivity contribution in [2.45, 2.75) is 26.3 Å². The molecular formula is C14H30N4O8P-. The second kappa shape index (κ2) is 15.3. The molecule has 4 N–H and O–H groups in total. The zero-order valence-corrected chi connectivity index (χ0v) is 15.9. The molecule has 0 aliphatic carbocycles. The number of carbonyl (C=O) groups excluding carboxylic acids is 3. The third-order valence-corrected chi connectivity index (χ3v) is 3.93. The number of likely N-dealkylation sites (N-methyl/N-ethyl adjacent to an activating group) is 1. The van der Waals surface area contributed by atoms with Crippen molar-refractivity contribution in [2.24, 2.45) is 0 Å². The molecule has 27 heavy (non-hydrogen) atoms. The van der Waals surface area contributed by atoms with Crippen molar-refractivity contribution in [3.05, 3.63) is 0 Å². The summed E-state index contributed by atoms with van der Waals surface area (Å²) in [5.41, 5.74) is 0. The molecule has 0 spiro atoms. The fourth-order valence-corrected chi connectivity index (χ4v) is 2.02. The minimum absolute atomic E-state index is 0. The second-order valence-corrected chi connectivity index (χ2v) is 6.39. The van der Waals surface area contributed by atoms with Crippen molar-refractivity contribution in [3.8, 4) is 0 Å². The number of amides is 4. The molecular weight excluding hydrogens is 383 g/mol. The van der Waals surface area contributed by atoms with Crippen molar-refractivity contribution in [1.82, 2.24) is 21.3 Å². The Kier molecular flexibility index (Phi) is 15.6. The van der Waals surface area contributed by atoms with Crippen LogP contribution >= 0.6 is 7.82 Å².